The number of halogens is 1. The normalized spacial score (nSPS) is 22.0. The predicted molar refractivity (Wildman–Crippen MR) is 113 cm³/mol. The molecule has 2 saturated carbocycles. The van der Waals surface area contributed by atoms with Crippen LogP contribution >= 0.6 is 11.6 Å². The number of amides is 2. The average molecular weight is 432 g/mol. The van der Waals surface area contributed by atoms with Crippen LogP contribution in [0.15, 0.2) is 18.3 Å². The lowest BCUT2D eigenvalue weighted by atomic mass is 10.0. The molecule has 2 aliphatic carbocycles. The van der Waals surface area contributed by atoms with Crippen LogP contribution in [0, 0.1) is 6.92 Å². The Kier molecular flexibility index (Phi) is 5.44. The van der Waals surface area contributed by atoms with Gasteiger partial charge in [0, 0.05) is 35.5 Å². The van der Waals surface area contributed by atoms with Crippen LogP contribution in [0.1, 0.15) is 61.9 Å². The minimum absolute atomic E-state index is 0.0281. The first-order valence-electron chi connectivity index (χ1n) is 10.2. The third-order valence-electron chi connectivity index (χ3n) is 6.32. The van der Waals surface area contributed by atoms with Gasteiger partial charge in [0.2, 0.25) is 5.91 Å². The number of nitrogens with zero attached hydrogens (tertiary/aromatic N) is 3. The van der Waals surface area contributed by atoms with E-state index in [9.17, 15) is 14.7 Å². The highest BCUT2D eigenvalue weighted by Crippen LogP contribution is 2.47. The minimum Gasteiger partial charge on any atom is -0.465 e. The molecule has 0 aliphatic heterocycles. The molecule has 0 spiro atoms. The highest BCUT2D eigenvalue weighted by molar-refractivity contribution is 6.30. The Bertz CT molecular complexity index is 971. The Hall–Kier alpha value is -2.61. The number of pyridine rings is 1. The highest BCUT2D eigenvalue weighted by atomic mass is 35.5. The summed E-state index contributed by atoms with van der Waals surface area (Å²) in [7, 11) is 0. The second kappa shape index (κ2) is 7.91. The van der Waals surface area contributed by atoms with E-state index in [1.54, 1.807) is 11.0 Å². The summed E-state index contributed by atoms with van der Waals surface area (Å²) >= 11 is 5.91. The van der Waals surface area contributed by atoms with Crippen LogP contribution in [0.4, 0.5) is 10.6 Å². The smallest absolute Gasteiger partial charge is 0.408 e. The number of aromatic nitrogens is 3. The van der Waals surface area contributed by atoms with Gasteiger partial charge in [0.05, 0.1) is 17.1 Å². The largest absolute Gasteiger partial charge is 0.465 e. The van der Waals surface area contributed by atoms with Crippen LogP contribution < -0.4 is 5.32 Å². The topological polar surface area (TPSA) is 111 Å². The molecular formula is C21H26ClN5O3. The van der Waals surface area contributed by atoms with E-state index >= 15 is 0 Å². The van der Waals surface area contributed by atoms with Crippen LogP contribution in [0.3, 0.4) is 0 Å². The van der Waals surface area contributed by atoms with Gasteiger partial charge in [-0.05, 0) is 57.6 Å². The number of carboxylic acid groups (broad SMARTS) is 1. The Morgan fingerprint density at radius 3 is 2.80 bits per heavy atom. The monoisotopic (exact) mass is 431 g/mol. The van der Waals surface area contributed by atoms with Crippen molar-refractivity contribution in [1.82, 2.24) is 20.1 Å². The molecule has 0 saturated heterocycles. The van der Waals surface area contributed by atoms with Gasteiger partial charge in [-0.3, -0.25) is 19.8 Å². The van der Waals surface area contributed by atoms with Gasteiger partial charge in [-0.25, -0.2) is 4.79 Å². The minimum atomic E-state index is -0.829. The first-order valence-corrected chi connectivity index (χ1v) is 10.6. The molecule has 2 amide bonds. The Morgan fingerprint density at radius 2 is 2.13 bits per heavy atom. The van der Waals surface area contributed by atoms with Gasteiger partial charge >= 0.3 is 6.09 Å². The van der Waals surface area contributed by atoms with Crippen LogP contribution in [0.5, 0.6) is 0 Å². The predicted octanol–water partition coefficient (Wildman–Crippen LogP) is 4.12. The van der Waals surface area contributed by atoms with Crippen molar-refractivity contribution < 1.29 is 14.7 Å². The van der Waals surface area contributed by atoms with Gasteiger partial charge in [-0.1, -0.05) is 11.6 Å². The summed E-state index contributed by atoms with van der Waals surface area (Å²) in [6.07, 6.45) is 5.22. The van der Waals surface area contributed by atoms with Crippen LogP contribution in [0.2, 0.25) is 5.02 Å². The molecular weight excluding hydrogens is 406 g/mol. The van der Waals surface area contributed by atoms with E-state index in [2.05, 4.69) is 20.5 Å². The summed E-state index contributed by atoms with van der Waals surface area (Å²) in [5.41, 5.74) is 2.27. The van der Waals surface area contributed by atoms with Crippen molar-refractivity contribution in [2.75, 3.05) is 5.32 Å². The molecule has 2 aliphatic rings. The SMILES string of the molecule is Cc1cc(Cl)cnc1CC(=O)Nc1cc(C2CCC(N(C(=O)O)C3(C)CC3)C2)[nH]n1. The van der Waals surface area contributed by atoms with E-state index in [-0.39, 0.29) is 29.8 Å². The molecule has 0 bridgehead atoms. The summed E-state index contributed by atoms with van der Waals surface area (Å²) in [4.78, 5) is 30.0. The quantitative estimate of drug-likeness (QED) is 0.637. The summed E-state index contributed by atoms with van der Waals surface area (Å²) in [6, 6.07) is 3.65. The van der Waals surface area contributed by atoms with Crippen molar-refractivity contribution in [3.05, 3.63) is 40.3 Å². The summed E-state index contributed by atoms with van der Waals surface area (Å²) in [5, 5.41) is 20.2. The number of aryl methyl sites for hydroxylation is 1. The third kappa shape index (κ3) is 4.28. The number of carbonyl (C=O) groups excluding carboxylic acids is 1. The third-order valence-corrected chi connectivity index (χ3v) is 6.52. The zero-order chi connectivity index (χ0) is 21.5. The molecule has 30 heavy (non-hydrogen) atoms. The Balaban J connectivity index is 1.36. The molecule has 8 nitrogen and oxygen atoms in total. The second-order valence-corrected chi connectivity index (χ2v) is 9.10. The fourth-order valence-corrected chi connectivity index (χ4v) is 4.64. The Labute approximate surface area is 180 Å². The van der Waals surface area contributed by atoms with Crippen molar-refractivity contribution in [2.45, 2.75) is 69.9 Å². The first kappa shape index (κ1) is 20.7. The molecule has 4 rings (SSSR count). The highest BCUT2D eigenvalue weighted by Gasteiger charge is 2.50. The van der Waals surface area contributed by atoms with E-state index in [0.717, 1.165) is 43.4 Å². The van der Waals surface area contributed by atoms with Crippen LogP contribution in [0.25, 0.3) is 0 Å². The van der Waals surface area contributed by atoms with Crippen molar-refractivity contribution in [3.63, 3.8) is 0 Å². The van der Waals surface area contributed by atoms with Crippen LogP contribution in [-0.4, -0.2) is 48.8 Å². The van der Waals surface area contributed by atoms with Gasteiger partial charge in [0.15, 0.2) is 5.82 Å². The zero-order valence-corrected chi connectivity index (χ0v) is 17.9. The lowest BCUT2D eigenvalue weighted by Crippen LogP contribution is -2.45. The van der Waals surface area contributed by atoms with E-state index in [1.165, 1.54) is 6.20 Å². The number of anilines is 1. The molecule has 2 unspecified atom stereocenters. The molecule has 9 heteroatoms. The van der Waals surface area contributed by atoms with Crippen molar-refractivity contribution in [1.29, 1.82) is 0 Å². The van der Waals surface area contributed by atoms with E-state index in [0.29, 0.717) is 16.5 Å². The number of hydrogen-bond acceptors (Lipinski definition) is 4. The fourth-order valence-electron chi connectivity index (χ4n) is 4.43. The number of aromatic amines is 1. The summed E-state index contributed by atoms with van der Waals surface area (Å²) in [6.45, 7) is 3.89. The molecule has 3 N–H and O–H groups in total. The van der Waals surface area contributed by atoms with Gasteiger partial charge in [-0.15, -0.1) is 0 Å². The number of H-pyrrole nitrogens is 1. The molecule has 160 valence electrons. The lowest BCUT2D eigenvalue weighted by molar-refractivity contribution is -0.115. The second-order valence-electron chi connectivity index (χ2n) is 8.66. The number of carbonyl (C=O) groups is 2. The van der Waals surface area contributed by atoms with Gasteiger partial charge in [0.25, 0.3) is 0 Å². The molecule has 2 heterocycles. The Morgan fingerprint density at radius 1 is 1.37 bits per heavy atom. The molecule has 0 radical (unpaired) electrons. The van der Waals surface area contributed by atoms with Gasteiger partial charge < -0.3 is 10.4 Å². The average Bonchev–Trinajstić information content (AvgIpc) is 3.07. The molecule has 2 aromatic heterocycles. The number of rotatable bonds is 6. The van der Waals surface area contributed by atoms with Crippen molar-refractivity contribution in [3.8, 4) is 0 Å². The van der Waals surface area contributed by atoms with E-state index in [4.69, 9.17) is 11.6 Å². The maximum Gasteiger partial charge on any atom is 0.408 e. The number of hydrogen-bond donors (Lipinski definition) is 3. The maximum atomic E-state index is 12.4. The van der Waals surface area contributed by atoms with Gasteiger partial charge in [0.1, 0.15) is 0 Å². The molecule has 2 aromatic rings. The number of nitrogens with one attached hydrogen (secondary N) is 2. The summed E-state index contributed by atoms with van der Waals surface area (Å²) < 4.78 is 0. The lowest BCUT2D eigenvalue weighted by Gasteiger charge is -2.32. The summed E-state index contributed by atoms with van der Waals surface area (Å²) in [5.74, 6) is 0.473. The maximum absolute atomic E-state index is 12.4. The zero-order valence-electron chi connectivity index (χ0n) is 17.1. The molecule has 2 fully saturated rings. The molecule has 2 atom stereocenters. The first-order chi connectivity index (χ1) is 14.2. The van der Waals surface area contributed by atoms with E-state index < -0.39 is 6.09 Å². The van der Waals surface area contributed by atoms with E-state index in [1.807, 2.05) is 19.9 Å². The van der Waals surface area contributed by atoms with Crippen LogP contribution in [-0.2, 0) is 11.2 Å². The van der Waals surface area contributed by atoms with Gasteiger partial charge in [-0.2, -0.15) is 5.10 Å². The standard InChI is InChI=1S/C21H26ClN5O3/c1-12-7-14(22)11-23-16(12)10-19(28)24-18-9-17(25-26-18)13-3-4-15(8-13)27(20(29)30)21(2)5-6-21/h7,9,11,13,15H,3-6,8,10H2,1-2H3,(H,29,30)(H2,24,25,26,28). The van der Waals surface area contributed by atoms with Crippen molar-refractivity contribution >= 4 is 29.4 Å². The van der Waals surface area contributed by atoms with Crippen molar-refractivity contribution in [2.24, 2.45) is 0 Å². The fraction of sp³-hybridized carbons (Fsp3) is 0.524. The molecule has 0 aromatic carbocycles.